The molecule has 2 amide bonds. The molecule has 0 bridgehead atoms. The lowest BCUT2D eigenvalue weighted by atomic mass is 9.92. The summed E-state index contributed by atoms with van der Waals surface area (Å²) < 4.78 is 0. The van der Waals surface area contributed by atoms with Crippen LogP contribution in [0.2, 0.25) is 0 Å². The molecule has 0 aliphatic carbocycles. The molecule has 7 heteroatoms. The molecule has 2 aromatic rings. The molecule has 0 radical (unpaired) electrons. The smallest absolute Gasteiger partial charge is 0.326 e. The van der Waals surface area contributed by atoms with Gasteiger partial charge in [-0.05, 0) is 29.0 Å². The van der Waals surface area contributed by atoms with Crippen molar-refractivity contribution >= 4 is 30.4 Å². The lowest BCUT2D eigenvalue weighted by Crippen LogP contribution is -2.58. The summed E-state index contributed by atoms with van der Waals surface area (Å²) in [7, 11) is 0. The van der Waals surface area contributed by atoms with Gasteiger partial charge in [0.1, 0.15) is 12.1 Å². The summed E-state index contributed by atoms with van der Waals surface area (Å²) in [4.78, 5) is 39.5. The summed E-state index contributed by atoms with van der Waals surface area (Å²) in [6, 6.07) is 15.3. The van der Waals surface area contributed by atoms with Crippen molar-refractivity contribution in [2.45, 2.75) is 50.6 Å². The van der Waals surface area contributed by atoms with Crippen LogP contribution in [0.15, 0.2) is 54.6 Å². The van der Waals surface area contributed by atoms with Gasteiger partial charge in [-0.2, -0.15) is 12.6 Å². The highest BCUT2D eigenvalue weighted by Crippen LogP contribution is 2.25. The lowest BCUT2D eigenvalue weighted by molar-refractivity contribution is -0.153. The summed E-state index contributed by atoms with van der Waals surface area (Å²) in [6.07, 6.45) is 0.683. The Bertz CT molecular complexity index is 948. The van der Waals surface area contributed by atoms with Gasteiger partial charge >= 0.3 is 5.97 Å². The maximum Gasteiger partial charge on any atom is 0.326 e. The molecule has 0 fully saturated rings. The fourth-order valence-electron chi connectivity index (χ4n) is 3.85. The zero-order valence-corrected chi connectivity index (χ0v) is 18.6. The van der Waals surface area contributed by atoms with E-state index in [4.69, 9.17) is 0 Å². The number of carbonyl (C=O) groups excluding carboxylic acids is 2. The zero-order valence-electron chi connectivity index (χ0n) is 17.7. The Labute approximate surface area is 188 Å². The van der Waals surface area contributed by atoms with E-state index in [0.717, 1.165) is 16.7 Å². The van der Waals surface area contributed by atoms with Gasteiger partial charge in [-0.15, -0.1) is 0 Å². The molecule has 0 unspecified atom stereocenters. The third kappa shape index (κ3) is 5.47. The van der Waals surface area contributed by atoms with Gasteiger partial charge in [-0.1, -0.05) is 68.4 Å². The van der Waals surface area contributed by atoms with E-state index in [2.05, 4.69) is 17.9 Å². The number of carboxylic acid groups (broad SMARTS) is 1. The molecular formula is C24H28N2O4S. The normalized spacial score (nSPS) is 17.5. The van der Waals surface area contributed by atoms with Crippen LogP contribution in [-0.4, -0.2) is 45.1 Å². The molecule has 31 heavy (non-hydrogen) atoms. The minimum atomic E-state index is -1.05. The number of carbonyl (C=O) groups is 3. The van der Waals surface area contributed by atoms with Crippen molar-refractivity contribution in [3.05, 3.63) is 71.3 Å². The number of amides is 2. The van der Waals surface area contributed by atoms with Gasteiger partial charge in [-0.3, -0.25) is 9.59 Å². The van der Waals surface area contributed by atoms with Gasteiger partial charge in [0.2, 0.25) is 11.8 Å². The van der Waals surface area contributed by atoms with Gasteiger partial charge in [0.05, 0.1) is 5.25 Å². The van der Waals surface area contributed by atoms with Crippen LogP contribution in [0.25, 0.3) is 0 Å². The molecule has 0 saturated carbocycles. The second kappa shape index (κ2) is 10.0. The molecule has 0 saturated heterocycles. The molecular weight excluding hydrogens is 412 g/mol. The van der Waals surface area contributed by atoms with Gasteiger partial charge in [-0.25, -0.2) is 4.79 Å². The zero-order chi connectivity index (χ0) is 22.5. The maximum absolute atomic E-state index is 13.4. The van der Waals surface area contributed by atoms with Crippen molar-refractivity contribution in [3.8, 4) is 0 Å². The van der Waals surface area contributed by atoms with Crippen LogP contribution in [0, 0.1) is 5.92 Å². The minimum absolute atomic E-state index is 0.208. The first-order chi connectivity index (χ1) is 14.8. The minimum Gasteiger partial charge on any atom is -0.480 e. The molecule has 2 aromatic carbocycles. The quantitative estimate of drug-likeness (QED) is 0.578. The summed E-state index contributed by atoms with van der Waals surface area (Å²) in [5.41, 5.74) is 2.84. The predicted octanol–water partition coefficient (Wildman–Crippen LogP) is 2.71. The van der Waals surface area contributed by atoms with Crippen LogP contribution in [0.5, 0.6) is 0 Å². The Morgan fingerprint density at radius 3 is 2.29 bits per heavy atom. The van der Waals surface area contributed by atoms with E-state index in [1.807, 2.05) is 68.4 Å². The highest BCUT2D eigenvalue weighted by atomic mass is 32.1. The molecule has 0 aromatic heterocycles. The van der Waals surface area contributed by atoms with E-state index in [-0.39, 0.29) is 30.7 Å². The van der Waals surface area contributed by atoms with E-state index in [1.54, 1.807) is 0 Å². The summed E-state index contributed by atoms with van der Waals surface area (Å²) in [6.45, 7) is 3.88. The Kier molecular flexibility index (Phi) is 7.38. The second-order valence-corrected chi connectivity index (χ2v) is 8.85. The Morgan fingerprint density at radius 1 is 1.06 bits per heavy atom. The van der Waals surface area contributed by atoms with Crippen molar-refractivity contribution in [2.75, 3.05) is 0 Å². The SMILES string of the molecule is CC(C)[C@H](NC(=O)[C@@H](S)Cc1ccccc1)C(=O)N1Cc2ccccc2C[C@H]1C(=O)O. The second-order valence-electron chi connectivity index (χ2n) is 8.23. The monoisotopic (exact) mass is 440 g/mol. The third-order valence-electron chi connectivity index (χ3n) is 5.62. The summed E-state index contributed by atoms with van der Waals surface area (Å²) >= 11 is 4.43. The third-order valence-corrected chi connectivity index (χ3v) is 6.04. The van der Waals surface area contributed by atoms with Crippen LogP contribution in [0.4, 0.5) is 0 Å². The van der Waals surface area contributed by atoms with Crippen molar-refractivity contribution in [1.29, 1.82) is 0 Å². The average Bonchev–Trinajstić information content (AvgIpc) is 2.76. The van der Waals surface area contributed by atoms with E-state index in [0.29, 0.717) is 6.42 Å². The molecule has 1 aliphatic rings. The fraction of sp³-hybridized carbons (Fsp3) is 0.375. The van der Waals surface area contributed by atoms with E-state index in [9.17, 15) is 19.5 Å². The number of thiol groups is 1. The molecule has 1 aliphatic heterocycles. The lowest BCUT2D eigenvalue weighted by Gasteiger charge is -2.37. The van der Waals surface area contributed by atoms with E-state index < -0.39 is 23.3 Å². The largest absolute Gasteiger partial charge is 0.480 e. The first-order valence-electron chi connectivity index (χ1n) is 10.4. The summed E-state index contributed by atoms with van der Waals surface area (Å²) in [5, 5.41) is 11.9. The average molecular weight is 441 g/mol. The highest BCUT2D eigenvalue weighted by Gasteiger charge is 2.39. The number of fused-ring (bicyclic) bond motifs is 1. The molecule has 164 valence electrons. The van der Waals surface area contributed by atoms with Gasteiger partial charge < -0.3 is 15.3 Å². The number of hydrogen-bond donors (Lipinski definition) is 3. The highest BCUT2D eigenvalue weighted by molar-refractivity contribution is 7.81. The van der Waals surface area contributed by atoms with Crippen molar-refractivity contribution in [2.24, 2.45) is 5.92 Å². The predicted molar refractivity (Wildman–Crippen MR) is 122 cm³/mol. The number of hydrogen-bond acceptors (Lipinski definition) is 4. The molecule has 2 N–H and O–H groups in total. The Hall–Kier alpha value is -2.80. The topological polar surface area (TPSA) is 86.7 Å². The molecule has 6 nitrogen and oxygen atoms in total. The van der Waals surface area contributed by atoms with Crippen molar-refractivity contribution in [1.82, 2.24) is 10.2 Å². The first kappa shape index (κ1) is 22.9. The van der Waals surface area contributed by atoms with Crippen molar-refractivity contribution in [3.63, 3.8) is 0 Å². The van der Waals surface area contributed by atoms with Gasteiger partial charge in [0.15, 0.2) is 0 Å². The molecule has 0 spiro atoms. The first-order valence-corrected chi connectivity index (χ1v) is 10.9. The number of nitrogens with one attached hydrogen (secondary N) is 1. The number of nitrogens with zero attached hydrogens (tertiary/aromatic N) is 1. The van der Waals surface area contributed by atoms with Crippen LogP contribution >= 0.6 is 12.6 Å². The fourth-order valence-corrected chi connectivity index (χ4v) is 4.13. The van der Waals surface area contributed by atoms with Crippen LogP contribution < -0.4 is 5.32 Å². The molecule has 3 atom stereocenters. The van der Waals surface area contributed by atoms with Crippen LogP contribution in [0.3, 0.4) is 0 Å². The number of carboxylic acids is 1. The number of aliphatic carboxylic acids is 1. The number of rotatable bonds is 7. The molecule has 3 rings (SSSR count). The summed E-state index contributed by atoms with van der Waals surface area (Å²) in [5.74, 6) is -1.98. The standard InChI is InChI=1S/C24H28N2O4S/c1-15(2)21(25-22(27)20(31)12-16-8-4-3-5-9-16)23(28)26-14-18-11-7-6-10-17(18)13-19(26)24(29)30/h3-11,15,19-21,31H,12-14H2,1-2H3,(H,25,27)(H,29,30)/t19-,20-,21-/m0/s1. The Balaban J connectivity index is 1.76. The molecule has 1 heterocycles. The number of benzene rings is 2. The van der Waals surface area contributed by atoms with Gasteiger partial charge in [0.25, 0.3) is 0 Å². The van der Waals surface area contributed by atoms with Crippen LogP contribution in [-0.2, 0) is 33.8 Å². The maximum atomic E-state index is 13.4. The van der Waals surface area contributed by atoms with Crippen LogP contribution in [0.1, 0.15) is 30.5 Å². The van der Waals surface area contributed by atoms with Gasteiger partial charge in [0, 0.05) is 13.0 Å². The Morgan fingerprint density at radius 2 is 1.68 bits per heavy atom. The van der Waals surface area contributed by atoms with E-state index >= 15 is 0 Å². The van der Waals surface area contributed by atoms with E-state index in [1.165, 1.54) is 4.90 Å². The van der Waals surface area contributed by atoms with Crippen molar-refractivity contribution < 1.29 is 19.5 Å².